The van der Waals surface area contributed by atoms with Crippen molar-refractivity contribution in [3.8, 4) is 5.75 Å². The highest BCUT2D eigenvalue weighted by Crippen LogP contribution is 2.37. The largest absolute Gasteiger partial charge is 0.543 e. The van der Waals surface area contributed by atoms with Crippen molar-refractivity contribution in [2.75, 3.05) is 6.61 Å². The molecule has 0 aliphatic carbocycles. The van der Waals surface area contributed by atoms with Gasteiger partial charge in [-0.3, -0.25) is 0 Å². The van der Waals surface area contributed by atoms with Gasteiger partial charge in [-0.15, -0.1) is 0 Å². The predicted octanol–water partition coefficient (Wildman–Crippen LogP) is 4.65. The minimum Gasteiger partial charge on any atom is -0.543 e. The third-order valence-corrected chi connectivity index (χ3v) is 8.09. The molecule has 3 nitrogen and oxygen atoms in total. The van der Waals surface area contributed by atoms with Crippen LogP contribution in [-0.2, 0) is 9.53 Å². The first-order valence-electron chi connectivity index (χ1n) is 7.29. The Morgan fingerprint density at radius 3 is 2.52 bits per heavy atom. The molecule has 0 amide bonds. The molecule has 0 heterocycles. The van der Waals surface area contributed by atoms with Gasteiger partial charge in [-0.05, 0) is 48.8 Å². The first-order valence-corrected chi connectivity index (χ1v) is 10.2. The van der Waals surface area contributed by atoms with E-state index in [0.717, 1.165) is 11.3 Å². The summed E-state index contributed by atoms with van der Waals surface area (Å²) < 4.78 is 11.1. The fourth-order valence-corrected chi connectivity index (χ4v) is 2.51. The average molecular weight is 306 g/mol. The number of carbonyl (C=O) groups excluding carboxylic acids is 1. The van der Waals surface area contributed by atoms with Crippen LogP contribution in [0, 0.1) is 0 Å². The molecule has 1 aromatic rings. The molecule has 1 aromatic carbocycles. The van der Waals surface area contributed by atoms with Crippen molar-refractivity contribution in [3.63, 3.8) is 0 Å². The maximum atomic E-state index is 11.3. The quantitative estimate of drug-likeness (QED) is 0.451. The summed E-state index contributed by atoms with van der Waals surface area (Å²) in [6.07, 6.45) is 3.19. The van der Waals surface area contributed by atoms with Gasteiger partial charge >= 0.3 is 5.97 Å². The Labute approximate surface area is 129 Å². The lowest BCUT2D eigenvalue weighted by molar-refractivity contribution is -0.137. The first-order chi connectivity index (χ1) is 9.65. The Hall–Kier alpha value is -1.55. The third-order valence-electron chi connectivity index (χ3n) is 3.74. The van der Waals surface area contributed by atoms with E-state index < -0.39 is 8.32 Å². The number of hydrogen-bond donors (Lipinski definition) is 0. The van der Waals surface area contributed by atoms with Gasteiger partial charge in [0.1, 0.15) is 5.75 Å². The van der Waals surface area contributed by atoms with Crippen LogP contribution in [0.15, 0.2) is 30.3 Å². The number of rotatable bonds is 5. The normalized spacial score (nSPS) is 12.5. The number of benzene rings is 1. The lowest BCUT2D eigenvalue weighted by Crippen LogP contribution is -2.43. The highest BCUT2D eigenvalue weighted by Gasteiger charge is 2.38. The molecule has 4 heteroatoms. The molecule has 21 heavy (non-hydrogen) atoms. The van der Waals surface area contributed by atoms with Gasteiger partial charge in [0.2, 0.25) is 8.32 Å². The van der Waals surface area contributed by atoms with E-state index in [1.807, 2.05) is 24.3 Å². The Bertz CT molecular complexity index is 513. The van der Waals surface area contributed by atoms with Crippen LogP contribution in [0.5, 0.6) is 5.75 Å². The highest BCUT2D eigenvalue weighted by molar-refractivity contribution is 6.74. The molecule has 0 atom stereocenters. The fourth-order valence-electron chi connectivity index (χ4n) is 1.48. The van der Waals surface area contributed by atoms with Crippen molar-refractivity contribution in [1.29, 1.82) is 0 Å². The van der Waals surface area contributed by atoms with E-state index in [4.69, 9.17) is 9.16 Å². The summed E-state index contributed by atoms with van der Waals surface area (Å²) >= 11 is 0. The lowest BCUT2D eigenvalue weighted by Gasteiger charge is -2.36. The molecule has 0 saturated carbocycles. The summed E-state index contributed by atoms with van der Waals surface area (Å²) in [6, 6.07) is 7.79. The topological polar surface area (TPSA) is 35.5 Å². The molecule has 0 bridgehead atoms. The maximum absolute atomic E-state index is 11.3. The third kappa shape index (κ3) is 5.38. The number of ether oxygens (including phenoxy) is 1. The van der Waals surface area contributed by atoms with E-state index in [1.54, 1.807) is 13.0 Å². The summed E-state index contributed by atoms with van der Waals surface area (Å²) in [4.78, 5) is 11.3. The number of carbonyl (C=O) groups is 1. The summed E-state index contributed by atoms with van der Waals surface area (Å²) in [5.41, 5.74) is 0.930. The van der Waals surface area contributed by atoms with Crippen molar-refractivity contribution >= 4 is 20.4 Å². The van der Waals surface area contributed by atoms with Crippen molar-refractivity contribution in [2.45, 2.75) is 45.8 Å². The van der Waals surface area contributed by atoms with Crippen LogP contribution in [-0.4, -0.2) is 20.9 Å². The van der Waals surface area contributed by atoms with Crippen molar-refractivity contribution in [2.24, 2.45) is 0 Å². The Kier molecular flexibility index (Phi) is 5.78. The summed E-state index contributed by atoms with van der Waals surface area (Å²) in [5.74, 6) is 0.529. The van der Waals surface area contributed by atoms with E-state index in [1.165, 1.54) is 6.08 Å². The maximum Gasteiger partial charge on any atom is 0.330 e. The molecule has 0 spiro atoms. The van der Waals surface area contributed by atoms with E-state index in [0.29, 0.717) is 6.61 Å². The predicted molar refractivity (Wildman–Crippen MR) is 89.9 cm³/mol. The molecule has 0 fully saturated rings. The van der Waals surface area contributed by atoms with Crippen LogP contribution in [0.2, 0.25) is 18.1 Å². The fraction of sp³-hybridized carbons (Fsp3) is 0.471. The van der Waals surface area contributed by atoms with Gasteiger partial charge in [0.15, 0.2) is 0 Å². The summed E-state index contributed by atoms with van der Waals surface area (Å²) in [6.45, 7) is 13.2. The van der Waals surface area contributed by atoms with Gasteiger partial charge in [0.05, 0.1) is 6.61 Å². The summed E-state index contributed by atoms with van der Waals surface area (Å²) in [7, 11) is -1.84. The molecule has 0 unspecified atom stereocenters. The van der Waals surface area contributed by atoms with Crippen molar-refractivity contribution in [3.05, 3.63) is 35.9 Å². The second kappa shape index (κ2) is 6.94. The monoisotopic (exact) mass is 306 g/mol. The SMILES string of the molecule is CCOC(=O)/C=C/c1cccc(O[Si](C)(C)C(C)(C)C)c1. The second-order valence-electron chi connectivity index (χ2n) is 6.52. The van der Waals surface area contributed by atoms with E-state index >= 15 is 0 Å². The molecular weight excluding hydrogens is 280 g/mol. The summed E-state index contributed by atoms with van der Waals surface area (Å²) in [5, 5.41) is 0.157. The number of esters is 1. The molecule has 0 aliphatic heterocycles. The molecule has 116 valence electrons. The molecule has 0 aromatic heterocycles. The minimum atomic E-state index is -1.84. The minimum absolute atomic E-state index is 0.157. The van der Waals surface area contributed by atoms with Crippen molar-refractivity contribution < 1.29 is 14.0 Å². The molecule has 0 aliphatic rings. The zero-order valence-electron chi connectivity index (χ0n) is 13.9. The standard InChI is InChI=1S/C17H26O3Si/c1-7-19-16(18)12-11-14-9-8-10-15(13-14)20-21(5,6)17(2,3)4/h8-13H,7H2,1-6H3/b12-11+. The Morgan fingerprint density at radius 1 is 1.29 bits per heavy atom. The van der Waals surface area contributed by atoms with Gasteiger partial charge < -0.3 is 9.16 Å². The first kappa shape index (κ1) is 17.5. The smallest absolute Gasteiger partial charge is 0.330 e. The molecular formula is C17H26O3Si. The van der Waals surface area contributed by atoms with E-state index in [9.17, 15) is 4.79 Å². The van der Waals surface area contributed by atoms with Crippen LogP contribution < -0.4 is 4.43 Å². The lowest BCUT2D eigenvalue weighted by atomic mass is 10.2. The van der Waals surface area contributed by atoms with Gasteiger partial charge in [0.25, 0.3) is 0 Å². The Balaban J connectivity index is 2.84. The van der Waals surface area contributed by atoms with Crippen molar-refractivity contribution in [1.82, 2.24) is 0 Å². The highest BCUT2D eigenvalue weighted by atomic mass is 28.4. The van der Waals surface area contributed by atoms with Gasteiger partial charge in [-0.25, -0.2) is 4.79 Å². The zero-order chi connectivity index (χ0) is 16.1. The van der Waals surface area contributed by atoms with Gasteiger partial charge in [-0.1, -0.05) is 32.9 Å². The van der Waals surface area contributed by atoms with Crippen LogP contribution in [0.1, 0.15) is 33.3 Å². The average Bonchev–Trinajstić information content (AvgIpc) is 2.35. The zero-order valence-corrected chi connectivity index (χ0v) is 14.9. The van der Waals surface area contributed by atoms with Crippen LogP contribution in [0.4, 0.5) is 0 Å². The molecule has 1 rings (SSSR count). The van der Waals surface area contributed by atoms with Crippen LogP contribution >= 0.6 is 0 Å². The van der Waals surface area contributed by atoms with Crippen LogP contribution in [0.25, 0.3) is 6.08 Å². The molecule has 0 radical (unpaired) electrons. The number of hydrogen-bond acceptors (Lipinski definition) is 3. The van der Waals surface area contributed by atoms with E-state index in [-0.39, 0.29) is 11.0 Å². The second-order valence-corrected chi connectivity index (χ2v) is 11.2. The van der Waals surface area contributed by atoms with E-state index in [2.05, 4.69) is 33.9 Å². The molecule has 0 saturated heterocycles. The van der Waals surface area contributed by atoms with Gasteiger partial charge in [0, 0.05) is 6.08 Å². The van der Waals surface area contributed by atoms with Gasteiger partial charge in [-0.2, -0.15) is 0 Å². The Morgan fingerprint density at radius 2 is 1.95 bits per heavy atom. The molecule has 0 N–H and O–H groups in total. The van der Waals surface area contributed by atoms with Crippen LogP contribution in [0.3, 0.4) is 0 Å².